The minimum Gasteiger partial charge on any atom is -0.382 e. The third kappa shape index (κ3) is 3.54. The summed E-state index contributed by atoms with van der Waals surface area (Å²) in [6.07, 6.45) is 2.40. The summed E-state index contributed by atoms with van der Waals surface area (Å²) >= 11 is 0. The summed E-state index contributed by atoms with van der Waals surface area (Å²) in [4.78, 5) is 14.7. The van der Waals surface area contributed by atoms with E-state index in [0.29, 0.717) is 17.2 Å². The molecule has 0 spiro atoms. The van der Waals surface area contributed by atoms with Crippen LogP contribution in [0.5, 0.6) is 0 Å². The van der Waals surface area contributed by atoms with Gasteiger partial charge in [-0.15, -0.1) is 5.10 Å². The molecule has 0 bridgehead atoms. The van der Waals surface area contributed by atoms with E-state index in [2.05, 4.69) is 25.3 Å². The van der Waals surface area contributed by atoms with E-state index in [9.17, 15) is 4.57 Å². The van der Waals surface area contributed by atoms with Crippen molar-refractivity contribution >= 4 is 25.5 Å². The van der Waals surface area contributed by atoms with Gasteiger partial charge in [-0.2, -0.15) is 0 Å². The summed E-state index contributed by atoms with van der Waals surface area (Å²) < 4.78 is 24.6. The van der Waals surface area contributed by atoms with E-state index in [1.165, 1.54) is 11.0 Å². The van der Waals surface area contributed by atoms with E-state index in [-0.39, 0.29) is 25.7 Å². The van der Waals surface area contributed by atoms with Crippen LogP contribution in [0.4, 0.5) is 0 Å². The molecule has 11 nitrogen and oxygen atoms in total. The van der Waals surface area contributed by atoms with Crippen LogP contribution in [0, 0.1) is 0 Å². The summed E-state index contributed by atoms with van der Waals surface area (Å²) in [6, 6.07) is 0. The molecular weight excluding hydrogens is 347 g/mol. The second-order valence-electron chi connectivity index (χ2n) is 5.48. The Bertz CT molecular complexity index is 763. The van der Waals surface area contributed by atoms with E-state index in [1.54, 1.807) is 20.0 Å². The third-order valence-corrected chi connectivity index (χ3v) is 5.67. The zero-order valence-corrected chi connectivity index (χ0v) is 15.2. The molecular formula is C13H21N8O3P. The average Bonchev–Trinajstić information content (AvgIpc) is 3.13. The Morgan fingerprint density at radius 2 is 2.00 bits per heavy atom. The Morgan fingerprint density at radius 1 is 1.28 bits per heavy atom. The van der Waals surface area contributed by atoms with Crippen LogP contribution in [-0.4, -0.2) is 64.2 Å². The number of hydrogen-bond acceptors (Lipinski definition) is 10. The largest absolute Gasteiger partial charge is 0.382 e. The second kappa shape index (κ2) is 7.12. The monoisotopic (exact) mass is 368 g/mol. The molecule has 12 heteroatoms. The van der Waals surface area contributed by atoms with Crippen molar-refractivity contribution in [1.29, 1.82) is 0 Å². The Morgan fingerprint density at radius 3 is 2.64 bits per heavy atom. The first-order chi connectivity index (χ1) is 12.0. The van der Waals surface area contributed by atoms with Gasteiger partial charge in [0.1, 0.15) is 29.9 Å². The second-order valence-corrected chi connectivity index (χ2v) is 7.50. The molecule has 2 aliphatic heterocycles. The Hall–Kier alpha value is -1.94. The van der Waals surface area contributed by atoms with Crippen LogP contribution in [0.2, 0.25) is 0 Å². The maximum Gasteiger partial charge on any atom is 0.351 e. The van der Waals surface area contributed by atoms with E-state index in [4.69, 9.17) is 14.8 Å². The molecule has 0 saturated carbocycles. The molecule has 25 heavy (non-hydrogen) atoms. The molecule has 1 aromatic rings. The first-order valence-corrected chi connectivity index (χ1v) is 9.63. The minimum absolute atomic E-state index is 0.0140. The fraction of sp³-hybridized carbons (Fsp3) is 0.615. The van der Waals surface area contributed by atoms with Gasteiger partial charge in [-0.25, -0.2) is 14.7 Å². The molecule has 3 rings (SSSR count). The lowest BCUT2D eigenvalue weighted by molar-refractivity contribution is 0.213. The molecule has 0 aromatic carbocycles. The highest BCUT2D eigenvalue weighted by Crippen LogP contribution is 2.49. The number of fused-ring (bicyclic) bond motifs is 1. The normalized spacial score (nSPS) is 23.5. The van der Waals surface area contributed by atoms with Gasteiger partial charge in [0.2, 0.25) is 0 Å². The van der Waals surface area contributed by atoms with Gasteiger partial charge < -0.3 is 14.8 Å². The number of aliphatic imine (C=N–C) groups is 3. The molecule has 2 atom stereocenters. The topological polar surface area (TPSA) is 133 Å². The summed E-state index contributed by atoms with van der Waals surface area (Å²) in [6.45, 7) is 4.10. The van der Waals surface area contributed by atoms with Gasteiger partial charge in [-0.05, 0) is 20.9 Å². The van der Waals surface area contributed by atoms with E-state index in [0.717, 1.165) is 0 Å². The molecule has 2 unspecified atom stereocenters. The van der Waals surface area contributed by atoms with Crippen molar-refractivity contribution in [2.24, 2.45) is 20.7 Å². The zero-order chi connectivity index (χ0) is 18.0. The number of aromatic nitrogens is 3. The first kappa shape index (κ1) is 17.9. The minimum atomic E-state index is -3.26. The highest BCUT2D eigenvalue weighted by Gasteiger charge is 2.38. The van der Waals surface area contributed by atoms with E-state index in [1.807, 2.05) is 11.9 Å². The average molecular weight is 368 g/mol. The zero-order valence-electron chi connectivity index (χ0n) is 14.3. The van der Waals surface area contributed by atoms with Gasteiger partial charge in [-0.1, -0.05) is 5.21 Å². The maximum atomic E-state index is 12.6. The molecule has 0 aliphatic carbocycles. The van der Waals surface area contributed by atoms with Crippen LogP contribution in [0.1, 0.15) is 25.7 Å². The van der Waals surface area contributed by atoms with Gasteiger partial charge in [0.15, 0.2) is 12.3 Å². The van der Waals surface area contributed by atoms with E-state index >= 15 is 0 Å². The predicted molar refractivity (Wildman–Crippen MR) is 92.7 cm³/mol. The first-order valence-electron chi connectivity index (χ1n) is 7.90. The molecule has 3 heterocycles. The van der Waals surface area contributed by atoms with Crippen molar-refractivity contribution in [3.8, 4) is 0 Å². The van der Waals surface area contributed by atoms with Crippen LogP contribution in [0.15, 0.2) is 21.2 Å². The fourth-order valence-corrected chi connectivity index (χ4v) is 4.20. The number of nitrogens with zero attached hydrogens (tertiary/aromatic N) is 7. The predicted octanol–water partition coefficient (Wildman–Crippen LogP) is 0.612. The number of rotatable bonds is 7. The van der Waals surface area contributed by atoms with Crippen LogP contribution in [-0.2, 0) is 19.9 Å². The molecule has 0 radical (unpaired) electrons. The summed E-state index contributed by atoms with van der Waals surface area (Å²) in [5.74, 6) is 0.346. The van der Waals surface area contributed by atoms with Gasteiger partial charge in [0, 0.05) is 0 Å². The van der Waals surface area contributed by atoms with Crippen molar-refractivity contribution in [2.75, 3.05) is 20.3 Å². The highest BCUT2D eigenvalue weighted by atomic mass is 31.2. The van der Waals surface area contributed by atoms with Crippen molar-refractivity contribution in [3.05, 3.63) is 11.9 Å². The molecule has 0 saturated heterocycles. The van der Waals surface area contributed by atoms with Gasteiger partial charge in [-0.3, -0.25) is 14.5 Å². The molecule has 136 valence electrons. The Labute approximate surface area is 145 Å². The lowest BCUT2D eigenvalue weighted by atomic mass is 10.2. The maximum absolute atomic E-state index is 12.6. The van der Waals surface area contributed by atoms with Crippen LogP contribution >= 0.6 is 7.60 Å². The molecule has 2 N–H and O–H groups in total. The lowest BCUT2D eigenvalue weighted by Gasteiger charge is -2.21. The number of hydrogen-bond donors (Lipinski definition) is 1. The molecule has 1 aromatic heterocycles. The van der Waals surface area contributed by atoms with Crippen molar-refractivity contribution < 1.29 is 13.6 Å². The van der Waals surface area contributed by atoms with Crippen molar-refractivity contribution in [1.82, 2.24) is 19.9 Å². The SMILES string of the molecule is CCOP(=O)(Cn1cc(C2N=C3C(N)=NC=NC3N2C)nn1)OCC. The van der Waals surface area contributed by atoms with Crippen molar-refractivity contribution in [2.45, 2.75) is 32.5 Å². The summed E-state index contributed by atoms with van der Waals surface area (Å²) in [7, 11) is -1.39. The standard InChI is InChI=1S/C13H21N8O3P/c1-4-23-25(22,24-5-2)8-21-6-9(18-19-21)12-17-10-11(14)15-7-16-13(10)20(12)3/h6-7,12-13H,4-5,8H2,1-3H3,(H2,14,15,16). The van der Waals surface area contributed by atoms with Crippen LogP contribution < -0.4 is 5.73 Å². The fourth-order valence-electron chi connectivity index (χ4n) is 2.68. The molecule has 0 fully saturated rings. The van der Waals surface area contributed by atoms with E-state index < -0.39 is 13.8 Å². The van der Waals surface area contributed by atoms with Gasteiger partial charge in [0.25, 0.3) is 0 Å². The Kier molecular flexibility index (Phi) is 5.09. The number of amidine groups is 1. The summed E-state index contributed by atoms with van der Waals surface area (Å²) in [5.41, 5.74) is 7.07. The van der Waals surface area contributed by atoms with Crippen LogP contribution in [0.25, 0.3) is 0 Å². The lowest BCUT2D eigenvalue weighted by Crippen LogP contribution is -2.40. The number of nitrogens with two attached hydrogens (primary N) is 1. The third-order valence-electron chi connectivity index (χ3n) is 3.74. The smallest absolute Gasteiger partial charge is 0.351 e. The molecule has 0 amide bonds. The van der Waals surface area contributed by atoms with Gasteiger partial charge in [0.05, 0.1) is 19.4 Å². The highest BCUT2D eigenvalue weighted by molar-refractivity contribution is 7.52. The van der Waals surface area contributed by atoms with Crippen molar-refractivity contribution in [3.63, 3.8) is 0 Å². The van der Waals surface area contributed by atoms with Crippen LogP contribution in [0.3, 0.4) is 0 Å². The summed E-state index contributed by atoms with van der Waals surface area (Å²) in [5, 5.41) is 8.16. The Balaban J connectivity index is 1.79. The molecule has 2 aliphatic rings. The van der Waals surface area contributed by atoms with Gasteiger partial charge >= 0.3 is 7.60 Å². The quantitative estimate of drug-likeness (QED) is 0.697.